The summed E-state index contributed by atoms with van der Waals surface area (Å²) in [4.78, 5) is 32.0. The standard InChI is InChI=1S/C88H62N8/c1-55-36-42-69(57(3)48-55)67-40-46-79-73(53-67)71-32-17-19-34-77(71)95(79)81-44-38-65(51-75(81)87-91-83(59-22-9-5-10-23-59)89-84(92-87)60-24-11-6-12-25-60)63-30-21-31-64(50-63)66-39-45-82(76(52-66)88-93-85(61-26-13-7-14-27-61)90-86(94-88)62-28-15-8-16-29-62)96-78-35-20-18-33-72(78)74-54-68(41-47-80(74)96)70-43-37-56(2)49-58(70)4/h5-54H,1-4H3. The van der Waals surface area contributed by atoms with Crippen LogP contribution in [0.15, 0.2) is 303 Å². The lowest BCUT2D eigenvalue weighted by Gasteiger charge is -2.17. The molecule has 0 aliphatic rings. The fourth-order valence-electron chi connectivity index (χ4n) is 14.0. The van der Waals surface area contributed by atoms with E-state index in [0.29, 0.717) is 34.9 Å². The largest absolute Gasteiger partial charge is 0.309 e. The Morgan fingerprint density at radius 2 is 0.510 bits per heavy atom. The van der Waals surface area contributed by atoms with Crippen molar-refractivity contribution < 1.29 is 0 Å². The van der Waals surface area contributed by atoms with Crippen molar-refractivity contribution in [1.82, 2.24) is 39.0 Å². The van der Waals surface area contributed by atoms with Crippen LogP contribution in [-0.4, -0.2) is 39.0 Å². The van der Waals surface area contributed by atoms with Gasteiger partial charge >= 0.3 is 0 Å². The van der Waals surface area contributed by atoms with E-state index in [-0.39, 0.29) is 0 Å². The highest BCUT2D eigenvalue weighted by molar-refractivity contribution is 6.12. The summed E-state index contributed by atoms with van der Waals surface area (Å²) in [6.07, 6.45) is 0. The van der Waals surface area contributed by atoms with Gasteiger partial charge in [-0.2, -0.15) is 0 Å². The summed E-state index contributed by atoms with van der Waals surface area (Å²) in [6, 6.07) is 108. The number of hydrogen-bond donors (Lipinski definition) is 0. The van der Waals surface area contributed by atoms with E-state index in [9.17, 15) is 0 Å². The first-order valence-electron chi connectivity index (χ1n) is 32.6. The topological polar surface area (TPSA) is 87.2 Å². The normalized spacial score (nSPS) is 11.5. The van der Waals surface area contributed by atoms with Crippen LogP contribution >= 0.6 is 0 Å². The molecule has 0 aliphatic heterocycles. The molecule has 0 N–H and O–H groups in total. The number of fused-ring (bicyclic) bond motifs is 6. The van der Waals surface area contributed by atoms with Gasteiger partial charge in [-0.25, -0.2) is 29.9 Å². The van der Waals surface area contributed by atoms with E-state index in [1.54, 1.807) is 0 Å². The van der Waals surface area contributed by atoms with Crippen molar-refractivity contribution in [3.05, 3.63) is 326 Å². The second-order valence-electron chi connectivity index (χ2n) is 24.9. The predicted molar refractivity (Wildman–Crippen MR) is 395 cm³/mol. The third-order valence-corrected chi connectivity index (χ3v) is 18.6. The summed E-state index contributed by atoms with van der Waals surface area (Å²) < 4.78 is 4.77. The summed E-state index contributed by atoms with van der Waals surface area (Å²) in [5.41, 5.74) is 25.3. The molecule has 0 unspecified atom stereocenters. The molecule has 96 heavy (non-hydrogen) atoms. The molecule has 4 heterocycles. The lowest BCUT2D eigenvalue weighted by molar-refractivity contribution is 1.06. The number of rotatable bonds is 12. The van der Waals surface area contributed by atoms with E-state index in [2.05, 4.69) is 267 Å². The molecule has 0 bridgehead atoms. The van der Waals surface area contributed by atoms with Gasteiger partial charge in [0.05, 0.1) is 33.4 Å². The molecule has 8 heteroatoms. The van der Waals surface area contributed by atoms with Crippen molar-refractivity contribution in [2.45, 2.75) is 27.7 Å². The molecule has 0 fully saturated rings. The molecule has 17 rings (SSSR count). The van der Waals surface area contributed by atoms with E-state index < -0.39 is 0 Å². The molecule has 0 amide bonds. The third kappa shape index (κ3) is 10.4. The average Bonchev–Trinajstić information content (AvgIpc) is 1.51. The minimum absolute atomic E-state index is 0.558. The first kappa shape index (κ1) is 57.4. The van der Waals surface area contributed by atoms with Crippen molar-refractivity contribution in [3.8, 4) is 124 Å². The number of benzene rings is 13. The van der Waals surface area contributed by atoms with Crippen molar-refractivity contribution in [1.29, 1.82) is 0 Å². The summed E-state index contributed by atoms with van der Waals surface area (Å²) >= 11 is 0. The Hall–Kier alpha value is -12.5. The van der Waals surface area contributed by atoms with Gasteiger partial charge in [-0.1, -0.05) is 248 Å². The highest BCUT2D eigenvalue weighted by Gasteiger charge is 2.24. The molecule has 0 atom stereocenters. The highest BCUT2D eigenvalue weighted by atomic mass is 15.1. The second kappa shape index (κ2) is 23.9. The van der Waals surface area contributed by atoms with Gasteiger partial charge in [-0.05, 0) is 150 Å². The molecule has 17 aromatic rings. The number of nitrogens with zero attached hydrogens (tertiary/aromatic N) is 8. The maximum absolute atomic E-state index is 5.43. The van der Waals surface area contributed by atoms with Crippen molar-refractivity contribution in [3.63, 3.8) is 0 Å². The Balaban J connectivity index is 0.870. The highest BCUT2D eigenvalue weighted by Crippen LogP contribution is 2.44. The van der Waals surface area contributed by atoms with Gasteiger partial charge in [0, 0.05) is 54.9 Å². The van der Waals surface area contributed by atoms with Crippen molar-refractivity contribution in [2.75, 3.05) is 0 Å². The van der Waals surface area contributed by atoms with E-state index in [1.165, 1.54) is 44.5 Å². The SMILES string of the molecule is Cc1ccc(-c2ccc3c(c2)c2ccccc2n3-c2ccc(-c3cccc(-c4ccc(-n5c6ccccc6c6cc(-c7ccc(C)cc7C)ccc65)c(-c5nc(-c6ccccc6)nc(-c6ccccc6)n5)c4)c3)cc2-c2nc(-c3ccccc3)nc(-c3ccccc3)n2)c(C)c1. The minimum atomic E-state index is 0.558. The van der Waals surface area contributed by atoms with Crippen LogP contribution in [0.3, 0.4) is 0 Å². The Morgan fingerprint density at radius 1 is 0.198 bits per heavy atom. The molecule has 0 spiro atoms. The van der Waals surface area contributed by atoms with Crippen molar-refractivity contribution in [2.24, 2.45) is 0 Å². The number of hydrogen-bond acceptors (Lipinski definition) is 6. The van der Waals surface area contributed by atoms with Crippen LogP contribution in [0.1, 0.15) is 22.3 Å². The van der Waals surface area contributed by atoms with E-state index in [1.807, 2.05) is 72.8 Å². The van der Waals surface area contributed by atoms with Crippen LogP contribution in [0.4, 0.5) is 0 Å². The lowest BCUT2D eigenvalue weighted by Crippen LogP contribution is -2.04. The zero-order valence-corrected chi connectivity index (χ0v) is 53.4. The first-order chi connectivity index (χ1) is 47.2. The average molecular weight is 1230 g/mol. The molecule has 454 valence electrons. The molecule has 0 radical (unpaired) electrons. The maximum Gasteiger partial charge on any atom is 0.166 e. The quantitative estimate of drug-likeness (QED) is 0.121. The molecule has 8 nitrogen and oxygen atoms in total. The molecular formula is C88H62N8. The van der Waals surface area contributed by atoms with Gasteiger partial charge in [0.25, 0.3) is 0 Å². The Morgan fingerprint density at radius 3 is 0.885 bits per heavy atom. The van der Waals surface area contributed by atoms with Gasteiger partial charge in [0.15, 0.2) is 34.9 Å². The Kier molecular flexibility index (Phi) is 14.3. The number of aromatic nitrogens is 8. The lowest BCUT2D eigenvalue weighted by atomic mass is 9.95. The fraction of sp³-hybridized carbons (Fsp3) is 0.0455. The Bertz CT molecular complexity index is 5400. The van der Waals surface area contributed by atoms with Gasteiger partial charge in [-0.3, -0.25) is 0 Å². The van der Waals surface area contributed by atoms with E-state index in [4.69, 9.17) is 29.9 Å². The maximum atomic E-state index is 5.43. The molecule has 0 saturated carbocycles. The van der Waals surface area contributed by atoms with Crippen molar-refractivity contribution >= 4 is 43.6 Å². The summed E-state index contributed by atoms with van der Waals surface area (Å²) in [6.45, 7) is 8.70. The van der Waals surface area contributed by atoms with Crippen LogP contribution in [0.2, 0.25) is 0 Å². The monoisotopic (exact) mass is 1230 g/mol. The minimum Gasteiger partial charge on any atom is -0.309 e. The van der Waals surface area contributed by atoms with Crippen LogP contribution in [0.5, 0.6) is 0 Å². The summed E-state index contributed by atoms with van der Waals surface area (Å²) in [5, 5.41) is 4.63. The number of para-hydroxylation sites is 2. The third-order valence-electron chi connectivity index (χ3n) is 18.6. The molecular weight excluding hydrogens is 1170 g/mol. The molecule has 0 saturated heterocycles. The summed E-state index contributed by atoms with van der Waals surface area (Å²) in [7, 11) is 0. The van der Waals surface area contributed by atoms with Crippen LogP contribution in [-0.2, 0) is 0 Å². The van der Waals surface area contributed by atoms with Gasteiger partial charge in [-0.15, -0.1) is 0 Å². The summed E-state index contributed by atoms with van der Waals surface area (Å²) in [5.74, 6) is 3.47. The van der Waals surface area contributed by atoms with E-state index >= 15 is 0 Å². The molecule has 13 aromatic carbocycles. The zero-order valence-electron chi connectivity index (χ0n) is 53.4. The van der Waals surface area contributed by atoms with Crippen LogP contribution in [0.25, 0.3) is 168 Å². The van der Waals surface area contributed by atoms with Gasteiger partial charge in [0.2, 0.25) is 0 Å². The first-order valence-corrected chi connectivity index (χ1v) is 32.6. The Labute approximate surface area is 556 Å². The zero-order chi connectivity index (χ0) is 64.4. The van der Waals surface area contributed by atoms with Crippen LogP contribution < -0.4 is 0 Å². The second-order valence-corrected chi connectivity index (χ2v) is 24.9. The molecule has 4 aromatic heterocycles. The smallest absolute Gasteiger partial charge is 0.166 e. The molecule has 0 aliphatic carbocycles. The van der Waals surface area contributed by atoms with Crippen LogP contribution in [0, 0.1) is 27.7 Å². The van der Waals surface area contributed by atoms with E-state index in [0.717, 1.165) is 111 Å². The fourth-order valence-corrected chi connectivity index (χ4v) is 14.0. The van der Waals surface area contributed by atoms with Gasteiger partial charge in [0.1, 0.15) is 0 Å². The predicted octanol–water partition coefficient (Wildman–Crippen LogP) is 22.2. The van der Waals surface area contributed by atoms with Gasteiger partial charge < -0.3 is 9.13 Å². The number of aryl methyl sites for hydroxylation is 4.